The second-order valence-corrected chi connectivity index (χ2v) is 5.06. The number of aliphatic hydroxyl groups excluding tert-OH is 1. The van der Waals surface area contributed by atoms with E-state index in [1.807, 2.05) is 12.1 Å². The van der Waals surface area contributed by atoms with E-state index in [1.54, 1.807) is 10.7 Å². The summed E-state index contributed by atoms with van der Waals surface area (Å²) >= 11 is 0. The fourth-order valence-corrected chi connectivity index (χ4v) is 2.54. The SMILES string of the molecule is OCCC#Cc1ccc2c(c1)c(F)nn2C1CCCCO1. The molecule has 1 aliphatic heterocycles. The van der Waals surface area contributed by atoms with Gasteiger partial charge in [-0.2, -0.15) is 4.39 Å². The van der Waals surface area contributed by atoms with Gasteiger partial charge in [-0.25, -0.2) is 4.68 Å². The molecule has 1 fully saturated rings. The van der Waals surface area contributed by atoms with Crippen molar-refractivity contribution < 1.29 is 14.2 Å². The zero-order chi connectivity index (χ0) is 14.7. The highest BCUT2D eigenvalue weighted by Crippen LogP contribution is 2.28. The van der Waals surface area contributed by atoms with Crippen molar-refractivity contribution in [2.45, 2.75) is 31.9 Å². The molecule has 1 N–H and O–H groups in total. The van der Waals surface area contributed by atoms with E-state index in [2.05, 4.69) is 16.9 Å². The summed E-state index contributed by atoms with van der Waals surface area (Å²) in [5.41, 5.74) is 1.45. The lowest BCUT2D eigenvalue weighted by Gasteiger charge is -2.23. The monoisotopic (exact) mass is 288 g/mol. The molecule has 4 nitrogen and oxygen atoms in total. The van der Waals surface area contributed by atoms with Crippen molar-refractivity contribution in [2.75, 3.05) is 13.2 Å². The average molecular weight is 288 g/mol. The summed E-state index contributed by atoms with van der Waals surface area (Å²) in [5.74, 6) is 5.24. The molecule has 0 spiro atoms. The van der Waals surface area contributed by atoms with Crippen molar-refractivity contribution in [3.8, 4) is 11.8 Å². The topological polar surface area (TPSA) is 47.3 Å². The number of halogens is 1. The molecule has 5 heteroatoms. The van der Waals surface area contributed by atoms with E-state index in [0.717, 1.165) is 30.3 Å². The third kappa shape index (κ3) is 2.92. The van der Waals surface area contributed by atoms with Gasteiger partial charge in [-0.15, -0.1) is 5.10 Å². The van der Waals surface area contributed by atoms with Crippen LogP contribution in [0.25, 0.3) is 10.9 Å². The molecule has 0 bridgehead atoms. The number of hydrogen-bond donors (Lipinski definition) is 1. The van der Waals surface area contributed by atoms with Crippen molar-refractivity contribution >= 4 is 10.9 Å². The molecular formula is C16H17FN2O2. The maximum atomic E-state index is 14.1. The number of rotatable bonds is 2. The van der Waals surface area contributed by atoms with E-state index >= 15 is 0 Å². The standard InChI is InChI=1S/C16H17FN2O2/c17-16-13-11-12(5-1-3-9-20)7-8-14(13)19(18-16)15-6-2-4-10-21-15/h7-8,11,15,20H,2-4,6,9-10H2. The van der Waals surface area contributed by atoms with Gasteiger partial charge in [0.05, 0.1) is 17.5 Å². The molecular weight excluding hydrogens is 271 g/mol. The first-order valence-electron chi connectivity index (χ1n) is 7.18. The molecule has 0 aliphatic carbocycles. The molecule has 1 unspecified atom stereocenters. The highest BCUT2D eigenvalue weighted by atomic mass is 19.1. The molecule has 1 saturated heterocycles. The van der Waals surface area contributed by atoms with Gasteiger partial charge in [-0.05, 0) is 37.5 Å². The minimum Gasteiger partial charge on any atom is -0.395 e. The van der Waals surface area contributed by atoms with Crippen molar-refractivity contribution in [1.29, 1.82) is 0 Å². The lowest BCUT2D eigenvalue weighted by molar-refractivity contribution is -0.0375. The van der Waals surface area contributed by atoms with Gasteiger partial charge in [0.2, 0.25) is 5.95 Å². The van der Waals surface area contributed by atoms with Crippen LogP contribution in [0.15, 0.2) is 18.2 Å². The van der Waals surface area contributed by atoms with Crippen LogP contribution >= 0.6 is 0 Å². The molecule has 1 aromatic heterocycles. The summed E-state index contributed by atoms with van der Waals surface area (Å²) in [6.45, 7) is 0.721. The smallest absolute Gasteiger partial charge is 0.240 e. The summed E-state index contributed by atoms with van der Waals surface area (Å²) in [4.78, 5) is 0. The van der Waals surface area contributed by atoms with E-state index in [0.29, 0.717) is 18.4 Å². The Labute approximate surface area is 122 Å². The van der Waals surface area contributed by atoms with Gasteiger partial charge in [0.15, 0.2) is 6.23 Å². The Morgan fingerprint density at radius 3 is 3.10 bits per heavy atom. The van der Waals surface area contributed by atoms with E-state index in [4.69, 9.17) is 9.84 Å². The van der Waals surface area contributed by atoms with Crippen molar-refractivity contribution in [1.82, 2.24) is 9.78 Å². The average Bonchev–Trinajstić information content (AvgIpc) is 2.85. The zero-order valence-corrected chi connectivity index (χ0v) is 11.7. The number of hydrogen-bond acceptors (Lipinski definition) is 3. The Morgan fingerprint density at radius 1 is 1.43 bits per heavy atom. The number of fused-ring (bicyclic) bond motifs is 1. The van der Waals surface area contributed by atoms with Crippen LogP contribution in [0.5, 0.6) is 0 Å². The Kier molecular flexibility index (Phi) is 4.18. The maximum Gasteiger partial charge on any atom is 0.240 e. The third-order valence-corrected chi connectivity index (χ3v) is 3.56. The van der Waals surface area contributed by atoms with Crippen molar-refractivity contribution in [3.63, 3.8) is 0 Å². The molecule has 0 saturated carbocycles. The molecule has 3 rings (SSSR count). The first-order chi connectivity index (χ1) is 10.3. The van der Waals surface area contributed by atoms with Crippen LogP contribution in [-0.4, -0.2) is 28.1 Å². The number of ether oxygens (including phenoxy) is 1. The highest BCUT2D eigenvalue weighted by molar-refractivity contribution is 5.81. The maximum absolute atomic E-state index is 14.1. The zero-order valence-electron chi connectivity index (χ0n) is 11.7. The highest BCUT2D eigenvalue weighted by Gasteiger charge is 2.21. The Balaban J connectivity index is 1.96. The largest absolute Gasteiger partial charge is 0.395 e. The lowest BCUT2D eigenvalue weighted by Crippen LogP contribution is -2.19. The minimum absolute atomic E-state index is 0.0283. The molecule has 21 heavy (non-hydrogen) atoms. The second kappa shape index (κ2) is 6.25. The van der Waals surface area contributed by atoms with Gasteiger partial charge >= 0.3 is 0 Å². The van der Waals surface area contributed by atoms with Gasteiger partial charge in [0.25, 0.3) is 0 Å². The van der Waals surface area contributed by atoms with Crippen LogP contribution in [0.3, 0.4) is 0 Å². The van der Waals surface area contributed by atoms with E-state index in [9.17, 15) is 4.39 Å². The molecule has 2 heterocycles. The second-order valence-electron chi connectivity index (χ2n) is 5.06. The van der Waals surface area contributed by atoms with Crippen LogP contribution in [0.2, 0.25) is 0 Å². The molecule has 0 radical (unpaired) electrons. The molecule has 2 aromatic rings. The van der Waals surface area contributed by atoms with Gasteiger partial charge in [0.1, 0.15) is 0 Å². The van der Waals surface area contributed by atoms with Crippen molar-refractivity contribution in [2.24, 2.45) is 0 Å². The molecule has 1 aliphatic rings. The van der Waals surface area contributed by atoms with E-state index in [-0.39, 0.29) is 12.8 Å². The number of aromatic nitrogens is 2. The van der Waals surface area contributed by atoms with Gasteiger partial charge < -0.3 is 9.84 Å². The summed E-state index contributed by atoms with van der Waals surface area (Å²) in [6.07, 6.45) is 3.20. The van der Waals surface area contributed by atoms with E-state index < -0.39 is 5.95 Å². The fraction of sp³-hybridized carbons (Fsp3) is 0.438. The van der Waals surface area contributed by atoms with Gasteiger partial charge in [-0.3, -0.25) is 0 Å². The molecule has 110 valence electrons. The third-order valence-electron chi connectivity index (χ3n) is 3.56. The fourth-order valence-electron chi connectivity index (χ4n) is 2.54. The summed E-state index contributed by atoms with van der Waals surface area (Å²) in [7, 11) is 0. The number of aliphatic hydroxyl groups is 1. The van der Waals surface area contributed by atoms with Gasteiger partial charge in [-0.1, -0.05) is 11.8 Å². The molecule has 1 aromatic carbocycles. The van der Waals surface area contributed by atoms with Crippen LogP contribution in [0.4, 0.5) is 4.39 Å². The van der Waals surface area contributed by atoms with Crippen LogP contribution < -0.4 is 0 Å². The molecule has 0 amide bonds. The first kappa shape index (κ1) is 14.1. The Hall–Kier alpha value is -1.90. The normalized spacial score (nSPS) is 18.5. The first-order valence-corrected chi connectivity index (χ1v) is 7.18. The van der Waals surface area contributed by atoms with Crippen molar-refractivity contribution in [3.05, 3.63) is 29.7 Å². The van der Waals surface area contributed by atoms with E-state index in [1.165, 1.54) is 0 Å². The lowest BCUT2D eigenvalue weighted by atomic mass is 10.1. The van der Waals surface area contributed by atoms with Gasteiger partial charge in [0, 0.05) is 18.6 Å². The Bertz CT molecular complexity index is 693. The van der Waals surface area contributed by atoms with Crippen LogP contribution in [0, 0.1) is 17.8 Å². The quantitative estimate of drug-likeness (QED) is 0.864. The predicted octanol–water partition coefficient (Wildman–Crippen LogP) is 2.61. The summed E-state index contributed by atoms with van der Waals surface area (Å²) in [6, 6.07) is 5.36. The molecule has 1 atom stereocenters. The minimum atomic E-state index is -0.495. The summed E-state index contributed by atoms with van der Waals surface area (Å²) in [5, 5.41) is 13.2. The Morgan fingerprint density at radius 2 is 2.33 bits per heavy atom. The van der Waals surface area contributed by atoms with Crippen LogP contribution in [0.1, 0.15) is 37.5 Å². The number of nitrogens with zero attached hydrogens (tertiary/aromatic N) is 2. The van der Waals surface area contributed by atoms with Crippen LogP contribution in [-0.2, 0) is 4.74 Å². The number of benzene rings is 1. The predicted molar refractivity (Wildman–Crippen MR) is 77.1 cm³/mol. The summed E-state index contributed by atoms with van der Waals surface area (Å²) < 4.78 is 21.4.